The van der Waals surface area contributed by atoms with Crippen molar-refractivity contribution < 1.29 is 4.74 Å². The quantitative estimate of drug-likeness (QED) is 0.717. The molecule has 1 aliphatic heterocycles. The van der Waals surface area contributed by atoms with Gasteiger partial charge in [-0.1, -0.05) is 30.3 Å². The van der Waals surface area contributed by atoms with Gasteiger partial charge in [0.05, 0.1) is 18.3 Å². The lowest BCUT2D eigenvalue weighted by atomic mass is 10.0. The van der Waals surface area contributed by atoms with Gasteiger partial charge in [0.25, 0.3) is 5.56 Å². The average molecular weight is 362 g/mol. The minimum atomic E-state index is -0.0817. The third-order valence-corrected chi connectivity index (χ3v) is 5.03. The van der Waals surface area contributed by atoms with Crippen LogP contribution in [0.4, 0.5) is 5.95 Å². The van der Waals surface area contributed by atoms with Crippen LogP contribution >= 0.6 is 0 Å². The molecule has 0 amide bonds. The molecule has 1 aromatic carbocycles. The molecule has 138 valence electrons. The summed E-state index contributed by atoms with van der Waals surface area (Å²) in [5.41, 5.74) is 2.58. The minimum absolute atomic E-state index is 0.0481. The van der Waals surface area contributed by atoms with Gasteiger partial charge in [-0.15, -0.1) is 0 Å². The van der Waals surface area contributed by atoms with E-state index in [0.717, 1.165) is 11.1 Å². The topological polar surface area (TPSA) is 60.2 Å². The first-order chi connectivity index (χ1) is 13.1. The van der Waals surface area contributed by atoms with Crippen LogP contribution in [0.2, 0.25) is 0 Å². The molecule has 2 atom stereocenters. The van der Waals surface area contributed by atoms with Gasteiger partial charge in [0, 0.05) is 37.6 Å². The second-order valence-electron chi connectivity index (χ2n) is 6.71. The number of rotatable bonds is 3. The maximum Gasteiger partial charge on any atom is 0.255 e. The molecule has 1 fully saturated rings. The molecule has 0 saturated carbocycles. The van der Waals surface area contributed by atoms with Gasteiger partial charge in [-0.2, -0.15) is 0 Å². The summed E-state index contributed by atoms with van der Waals surface area (Å²) in [7, 11) is 1.76. The van der Waals surface area contributed by atoms with Crippen molar-refractivity contribution in [3.8, 4) is 11.3 Å². The summed E-state index contributed by atoms with van der Waals surface area (Å²) in [6, 6.07) is 15.5. The normalized spacial score (nSPS) is 19.9. The Morgan fingerprint density at radius 2 is 1.85 bits per heavy atom. The number of hydrogen-bond donors (Lipinski definition) is 0. The zero-order chi connectivity index (χ0) is 18.8. The van der Waals surface area contributed by atoms with Crippen LogP contribution in [0, 0.1) is 0 Å². The molecule has 2 aromatic heterocycles. The molecule has 0 unspecified atom stereocenters. The molecule has 27 heavy (non-hydrogen) atoms. The molecular formula is C21H22N4O2. The van der Waals surface area contributed by atoms with Crippen molar-refractivity contribution in [1.29, 1.82) is 0 Å². The van der Waals surface area contributed by atoms with Crippen LogP contribution < -0.4 is 10.5 Å². The highest BCUT2D eigenvalue weighted by atomic mass is 16.5. The maximum absolute atomic E-state index is 12.6. The first kappa shape index (κ1) is 17.4. The van der Waals surface area contributed by atoms with E-state index < -0.39 is 0 Å². The summed E-state index contributed by atoms with van der Waals surface area (Å²) < 4.78 is 7.65. The molecule has 6 heteroatoms. The zero-order valence-electron chi connectivity index (χ0n) is 15.4. The second-order valence-corrected chi connectivity index (χ2v) is 6.71. The minimum Gasteiger partial charge on any atom is -0.370 e. The van der Waals surface area contributed by atoms with Crippen LogP contribution in [-0.4, -0.2) is 33.7 Å². The zero-order valence-corrected chi connectivity index (χ0v) is 15.4. The molecule has 3 aromatic rings. The molecule has 0 spiro atoms. The summed E-state index contributed by atoms with van der Waals surface area (Å²) >= 11 is 0. The van der Waals surface area contributed by atoms with Crippen molar-refractivity contribution in [2.45, 2.75) is 19.1 Å². The van der Waals surface area contributed by atoms with Crippen LogP contribution in [-0.2, 0) is 11.8 Å². The van der Waals surface area contributed by atoms with Crippen LogP contribution in [0.1, 0.15) is 18.6 Å². The second kappa shape index (κ2) is 7.32. The maximum atomic E-state index is 12.6. The van der Waals surface area contributed by atoms with E-state index in [2.05, 4.69) is 28.9 Å². The summed E-state index contributed by atoms with van der Waals surface area (Å²) in [4.78, 5) is 23.6. The van der Waals surface area contributed by atoms with Gasteiger partial charge >= 0.3 is 0 Å². The number of aromatic nitrogens is 3. The van der Waals surface area contributed by atoms with Crippen LogP contribution in [0.15, 0.2) is 65.7 Å². The average Bonchev–Trinajstić information content (AvgIpc) is 2.72. The van der Waals surface area contributed by atoms with E-state index in [1.807, 2.05) is 30.3 Å². The van der Waals surface area contributed by atoms with Crippen molar-refractivity contribution in [2.24, 2.45) is 7.05 Å². The highest BCUT2D eigenvalue weighted by Crippen LogP contribution is 2.31. The van der Waals surface area contributed by atoms with Crippen molar-refractivity contribution >= 4 is 5.95 Å². The number of pyridine rings is 1. The Balaban J connectivity index is 1.74. The highest BCUT2D eigenvalue weighted by Gasteiger charge is 2.32. The first-order valence-electron chi connectivity index (χ1n) is 9.07. The Labute approximate surface area is 158 Å². The van der Waals surface area contributed by atoms with Gasteiger partial charge in [0.2, 0.25) is 5.95 Å². The Bertz CT molecular complexity index is 972. The molecule has 0 bridgehead atoms. The Hall–Kier alpha value is -2.99. The van der Waals surface area contributed by atoms with Crippen LogP contribution in [0.3, 0.4) is 0 Å². The van der Waals surface area contributed by atoms with Gasteiger partial charge in [-0.3, -0.25) is 14.3 Å². The van der Waals surface area contributed by atoms with E-state index in [4.69, 9.17) is 9.72 Å². The Morgan fingerprint density at radius 1 is 1.11 bits per heavy atom. The standard InChI is InChI=1S/C21H22N4O2/c1-15-20(17-6-4-3-5-7-17)27-13-12-25(15)21-23-18(14-19(26)24(21)2)16-8-10-22-11-9-16/h3-11,14-15,20H,12-13H2,1-2H3/t15-,20-/m0/s1. The van der Waals surface area contributed by atoms with E-state index in [-0.39, 0.29) is 17.7 Å². The fourth-order valence-corrected chi connectivity index (χ4v) is 3.54. The van der Waals surface area contributed by atoms with Gasteiger partial charge < -0.3 is 9.64 Å². The van der Waals surface area contributed by atoms with Crippen molar-refractivity contribution in [3.05, 3.63) is 76.8 Å². The largest absolute Gasteiger partial charge is 0.370 e. The molecule has 0 radical (unpaired) electrons. The SMILES string of the molecule is C[C@H]1[C@@H](c2ccccc2)OCCN1c1nc(-c2ccncc2)cc(=O)n1C. The predicted molar refractivity (Wildman–Crippen MR) is 105 cm³/mol. The smallest absolute Gasteiger partial charge is 0.255 e. The molecular weight excluding hydrogens is 340 g/mol. The van der Waals surface area contributed by atoms with E-state index >= 15 is 0 Å². The molecule has 0 N–H and O–H groups in total. The van der Waals surface area contributed by atoms with E-state index in [9.17, 15) is 4.79 Å². The molecule has 1 aliphatic rings. The number of benzene rings is 1. The number of hydrogen-bond acceptors (Lipinski definition) is 5. The third-order valence-electron chi connectivity index (χ3n) is 5.03. The van der Waals surface area contributed by atoms with Crippen LogP contribution in [0.5, 0.6) is 0 Å². The monoisotopic (exact) mass is 362 g/mol. The molecule has 4 rings (SSSR count). The number of ether oxygens (including phenoxy) is 1. The van der Waals surface area contributed by atoms with Gasteiger partial charge in [0.15, 0.2) is 0 Å². The van der Waals surface area contributed by atoms with Crippen LogP contribution in [0.25, 0.3) is 11.3 Å². The van der Waals surface area contributed by atoms with E-state index in [1.54, 1.807) is 30.1 Å². The van der Waals surface area contributed by atoms with E-state index in [1.165, 1.54) is 0 Å². The predicted octanol–water partition coefficient (Wildman–Crippen LogP) is 2.81. The lowest BCUT2D eigenvalue weighted by molar-refractivity contribution is 0.0136. The molecule has 0 aliphatic carbocycles. The van der Waals surface area contributed by atoms with Gasteiger partial charge in [-0.05, 0) is 24.6 Å². The van der Waals surface area contributed by atoms with Crippen molar-refractivity contribution in [1.82, 2.24) is 14.5 Å². The number of anilines is 1. The lowest BCUT2D eigenvalue weighted by Gasteiger charge is -2.40. The summed E-state index contributed by atoms with van der Waals surface area (Å²) in [5.74, 6) is 0.658. The van der Waals surface area contributed by atoms with Crippen molar-refractivity contribution in [2.75, 3.05) is 18.1 Å². The Morgan fingerprint density at radius 3 is 2.59 bits per heavy atom. The van der Waals surface area contributed by atoms with E-state index in [0.29, 0.717) is 24.8 Å². The Kier molecular flexibility index (Phi) is 4.73. The summed E-state index contributed by atoms with van der Waals surface area (Å²) in [6.07, 6.45) is 3.34. The van der Waals surface area contributed by atoms with Gasteiger partial charge in [-0.25, -0.2) is 4.98 Å². The first-order valence-corrected chi connectivity index (χ1v) is 9.07. The summed E-state index contributed by atoms with van der Waals surface area (Å²) in [6.45, 7) is 3.38. The number of morpholine rings is 1. The van der Waals surface area contributed by atoms with Gasteiger partial charge in [0.1, 0.15) is 6.10 Å². The summed E-state index contributed by atoms with van der Waals surface area (Å²) in [5, 5.41) is 0. The fraction of sp³-hybridized carbons (Fsp3) is 0.286. The lowest BCUT2D eigenvalue weighted by Crippen LogP contribution is -2.48. The molecule has 6 nitrogen and oxygen atoms in total. The van der Waals surface area contributed by atoms with Crippen molar-refractivity contribution in [3.63, 3.8) is 0 Å². The highest BCUT2D eigenvalue weighted by molar-refractivity contribution is 5.59. The third kappa shape index (κ3) is 3.36. The molecule has 1 saturated heterocycles. The molecule has 3 heterocycles. The fourth-order valence-electron chi connectivity index (χ4n) is 3.54. The number of nitrogens with zero attached hydrogens (tertiary/aromatic N) is 4.